The standard InChI is InChI=1S/C18H30B2N2O2S/c1-15-6-3-2-4-8-16(9-5-7-15)20-17-10-11-18(19-14-17)22-13-12-21-25(22,23)24/h10-11,14-16,20-21H,2-9,12-13H2,1H3. The molecule has 4 nitrogen and oxygen atoms in total. The molecule has 1 saturated heterocycles. The van der Waals surface area contributed by atoms with E-state index in [0.29, 0.717) is 13.1 Å². The first kappa shape index (κ1) is 19.0. The van der Waals surface area contributed by atoms with E-state index in [1.807, 2.05) is 13.0 Å². The first-order valence-corrected chi connectivity index (χ1v) is 11.3. The molecule has 2 aliphatic rings. The Morgan fingerprint density at radius 1 is 1.12 bits per heavy atom. The number of nitrogens with zero attached hydrogens (tertiary/aromatic N) is 1. The minimum atomic E-state index is -3.32. The second-order valence-electron chi connectivity index (χ2n) is 7.88. The van der Waals surface area contributed by atoms with E-state index in [1.165, 1.54) is 61.1 Å². The molecule has 136 valence electrons. The maximum absolute atomic E-state index is 11.9. The second-order valence-corrected chi connectivity index (χ2v) is 9.56. The van der Waals surface area contributed by atoms with Gasteiger partial charge in [-0.1, -0.05) is 0 Å². The fourth-order valence-corrected chi connectivity index (χ4v) is 5.46. The van der Waals surface area contributed by atoms with Gasteiger partial charge in [0.05, 0.1) is 0 Å². The molecule has 3 rings (SSSR count). The van der Waals surface area contributed by atoms with Gasteiger partial charge in [0.1, 0.15) is 0 Å². The van der Waals surface area contributed by atoms with Gasteiger partial charge >= 0.3 is 154 Å². The van der Waals surface area contributed by atoms with Crippen molar-refractivity contribution in [2.45, 2.75) is 64.1 Å². The van der Waals surface area contributed by atoms with Gasteiger partial charge in [0.2, 0.25) is 0 Å². The molecule has 0 aromatic carbocycles. The Bertz CT molecular complexity index is 652. The van der Waals surface area contributed by atoms with Crippen molar-refractivity contribution in [1.29, 1.82) is 0 Å². The molecular weight excluding hydrogens is 330 g/mol. The van der Waals surface area contributed by atoms with Gasteiger partial charge in [-0.2, -0.15) is 0 Å². The summed E-state index contributed by atoms with van der Waals surface area (Å²) in [6.07, 6.45) is 10.9. The van der Waals surface area contributed by atoms with Crippen molar-refractivity contribution >= 4 is 35.4 Å². The molecule has 7 heteroatoms. The third kappa shape index (κ3) is 5.33. The number of nitrogens with one attached hydrogen (secondary N) is 1. The summed E-state index contributed by atoms with van der Waals surface area (Å²) in [6.45, 7) is 5.37. The van der Waals surface area contributed by atoms with Gasteiger partial charge in [-0.15, -0.1) is 0 Å². The summed E-state index contributed by atoms with van der Waals surface area (Å²) in [5.74, 6) is 3.77. The molecule has 0 amide bonds. The molecule has 0 bridgehead atoms. The van der Waals surface area contributed by atoms with Gasteiger partial charge in [-0.3, -0.25) is 0 Å². The Kier molecular flexibility index (Phi) is 6.61. The molecule has 0 spiro atoms. The van der Waals surface area contributed by atoms with Crippen LogP contribution in [0.5, 0.6) is 0 Å². The predicted molar refractivity (Wildman–Crippen MR) is 109 cm³/mol. The molecular formula is C18H30B2N2O2S. The fourth-order valence-electron chi connectivity index (χ4n) is 4.22. The van der Waals surface area contributed by atoms with Crippen molar-refractivity contribution in [3.8, 4) is 0 Å². The van der Waals surface area contributed by atoms with Crippen LogP contribution >= 0.6 is 0 Å². The van der Waals surface area contributed by atoms with Crippen LogP contribution in [0.4, 0.5) is 5.58 Å². The van der Waals surface area contributed by atoms with Gasteiger partial charge < -0.3 is 0 Å². The summed E-state index contributed by atoms with van der Waals surface area (Å²) >= 11 is 0. The molecule has 1 N–H and O–H groups in total. The van der Waals surface area contributed by atoms with E-state index in [0.717, 1.165) is 24.6 Å². The first-order valence-electron chi connectivity index (χ1n) is 9.91. The van der Waals surface area contributed by atoms with E-state index < -0.39 is 10.2 Å². The molecule has 2 unspecified atom stereocenters. The average molecular weight is 360 g/mol. The van der Waals surface area contributed by atoms with Crippen LogP contribution < -0.4 is 14.5 Å². The van der Waals surface area contributed by atoms with Crippen LogP contribution in [0.1, 0.15) is 58.3 Å². The van der Waals surface area contributed by atoms with Gasteiger partial charge in [0.15, 0.2) is 0 Å². The molecule has 25 heavy (non-hydrogen) atoms. The maximum atomic E-state index is 11.9. The first-order chi connectivity index (χ1) is 12.0. The second kappa shape index (κ2) is 8.72. The topological polar surface area (TPSA) is 49.4 Å². The minimum absolute atomic E-state index is 0.491. The van der Waals surface area contributed by atoms with E-state index >= 15 is 0 Å². The SMILES string of the molecule is CC1CCCCCC(Bc2cbc(N3CCNS3(=O)=O)cc2)CCC1. The van der Waals surface area contributed by atoms with E-state index in [1.54, 1.807) is 0 Å². The summed E-state index contributed by atoms with van der Waals surface area (Å²) in [5.41, 5.74) is 2.11. The Balaban J connectivity index is 1.60. The van der Waals surface area contributed by atoms with E-state index in [9.17, 15) is 8.42 Å². The molecule has 0 radical (unpaired) electrons. The van der Waals surface area contributed by atoms with Crippen molar-refractivity contribution in [3.63, 3.8) is 0 Å². The van der Waals surface area contributed by atoms with Gasteiger partial charge in [-0.05, 0) is 0 Å². The molecule has 2 heterocycles. The number of anilines is 1. The van der Waals surface area contributed by atoms with Crippen LogP contribution in [-0.4, -0.2) is 35.7 Å². The Hall–Kier alpha value is -0.810. The van der Waals surface area contributed by atoms with Crippen molar-refractivity contribution in [2.75, 3.05) is 17.4 Å². The molecule has 1 aliphatic carbocycles. The normalized spacial score (nSPS) is 27.6. The number of hydrogen-bond donors (Lipinski definition) is 1. The monoisotopic (exact) mass is 360 g/mol. The van der Waals surface area contributed by atoms with Crippen LogP contribution in [0.2, 0.25) is 5.82 Å². The van der Waals surface area contributed by atoms with Crippen LogP contribution in [0.15, 0.2) is 18.1 Å². The molecule has 1 saturated carbocycles. The average Bonchev–Trinajstić information content (AvgIpc) is 2.94. The Morgan fingerprint density at radius 3 is 2.60 bits per heavy atom. The Labute approximate surface area is 154 Å². The molecule has 1 aromatic rings. The molecule has 2 atom stereocenters. The van der Waals surface area contributed by atoms with Gasteiger partial charge in [-0.25, -0.2) is 0 Å². The summed E-state index contributed by atoms with van der Waals surface area (Å²) in [6, 6.07) is 4.08. The third-order valence-corrected chi connectivity index (χ3v) is 7.30. The fraction of sp³-hybridized carbons (Fsp3) is 0.722. The zero-order valence-corrected chi connectivity index (χ0v) is 16.2. The van der Waals surface area contributed by atoms with Crippen molar-refractivity contribution in [3.05, 3.63) is 18.1 Å². The van der Waals surface area contributed by atoms with Crippen LogP contribution in [-0.2, 0) is 10.2 Å². The third-order valence-electron chi connectivity index (χ3n) is 5.76. The van der Waals surface area contributed by atoms with E-state index in [2.05, 4.69) is 23.7 Å². The number of rotatable bonds is 3. The molecule has 1 aliphatic heterocycles. The van der Waals surface area contributed by atoms with Crippen LogP contribution in [0.25, 0.3) is 0 Å². The Morgan fingerprint density at radius 2 is 1.88 bits per heavy atom. The quantitative estimate of drug-likeness (QED) is 0.842. The summed E-state index contributed by atoms with van der Waals surface area (Å²) in [5, 5.41) is 0. The summed E-state index contributed by atoms with van der Waals surface area (Å²) in [7, 11) is -2.19. The zero-order valence-electron chi connectivity index (χ0n) is 15.4. The summed E-state index contributed by atoms with van der Waals surface area (Å²) < 4.78 is 27.9. The number of hydrogen-bond acceptors (Lipinski definition) is 2. The van der Waals surface area contributed by atoms with Gasteiger partial charge in [0.25, 0.3) is 0 Å². The van der Waals surface area contributed by atoms with Crippen molar-refractivity contribution in [2.24, 2.45) is 5.92 Å². The van der Waals surface area contributed by atoms with Crippen molar-refractivity contribution < 1.29 is 8.42 Å². The van der Waals surface area contributed by atoms with E-state index in [-0.39, 0.29) is 0 Å². The molecule has 1 aromatic heterocycles. The predicted octanol–water partition coefficient (Wildman–Crippen LogP) is 2.30. The van der Waals surface area contributed by atoms with E-state index in [4.69, 9.17) is 0 Å². The van der Waals surface area contributed by atoms with Crippen molar-refractivity contribution in [1.82, 2.24) is 4.72 Å². The van der Waals surface area contributed by atoms with Crippen LogP contribution in [0, 0.1) is 5.92 Å². The van der Waals surface area contributed by atoms with Crippen LogP contribution in [0.3, 0.4) is 0 Å². The molecule has 2 fully saturated rings. The summed E-state index contributed by atoms with van der Waals surface area (Å²) in [4.78, 5) is 0. The zero-order chi connectivity index (χ0) is 17.7. The van der Waals surface area contributed by atoms with Gasteiger partial charge in [0, 0.05) is 0 Å².